The van der Waals surface area contributed by atoms with Gasteiger partial charge in [0.1, 0.15) is 11.9 Å². The minimum atomic E-state index is 0.135. The van der Waals surface area contributed by atoms with Crippen molar-refractivity contribution in [2.24, 2.45) is 0 Å². The van der Waals surface area contributed by atoms with Crippen molar-refractivity contribution in [2.45, 2.75) is 37.8 Å². The van der Waals surface area contributed by atoms with Crippen LogP contribution < -0.4 is 4.74 Å². The predicted molar refractivity (Wildman–Crippen MR) is 113 cm³/mol. The fourth-order valence-electron chi connectivity index (χ4n) is 4.21. The number of piperidine rings is 2. The molecule has 0 atom stereocenters. The maximum absolute atomic E-state index is 12.8. The summed E-state index contributed by atoms with van der Waals surface area (Å²) in [5.74, 6) is 1.04. The topological polar surface area (TPSA) is 45.7 Å². The largest absolute Gasteiger partial charge is 0.490 e. The van der Waals surface area contributed by atoms with Gasteiger partial charge >= 0.3 is 0 Å². The lowest BCUT2D eigenvalue weighted by atomic mass is 9.98. The lowest BCUT2D eigenvalue weighted by Crippen LogP contribution is -2.50. The normalized spacial score (nSPS) is 19.5. The molecule has 148 valence electrons. The molecule has 6 heteroatoms. The first-order chi connectivity index (χ1) is 13.7. The molecule has 2 saturated heterocycles. The van der Waals surface area contributed by atoms with Gasteiger partial charge in [-0.3, -0.25) is 14.7 Å². The quantitative estimate of drug-likeness (QED) is 0.716. The van der Waals surface area contributed by atoms with Crippen molar-refractivity contribution in [1.82, 2.24) is 14.8 Å². The van der Waals surface area contributed by atoms with Crippen LogP contribution in [0.4, 0.5) is 0 Å². The Morgan fingerprint density at radius 1 is 0.964 bits per heavy atom. The lowest BCUT2D eigenvalue weighted by Gasteiger charge is -2.41. The number of carbonyl (C=O) groups is 1. The van der Waals surface area contributed by atoms with E-state index in [1.165, 1.54) is 0 Å². The van der Waals surface area contributed by atoms with Crippen LogP contribution in [-0.4, -0.2) is 59.0 Å². The van der Waals surface area contributed by atoms with Crippen molar-refractivity contribution in [2.75, 3.05) is 26.2 Å². The molecule has 4 rings (SSSR count). The van der Waals surface area contributed by atoms with Crippen LogP contribution in [0.15, 0.2) is 53.3 Å². The summed E-state index contributed by atoms with van der Waals surface area (Å²) in [6, 6.07) is 12.1. The number of likely N-dealkylation sites (tertiary alicyclic amines) is 2. The third kappa shape index (κ3) is 4.55. The van der Waals surface area contributed by atoms with Gasteiger partial charge in [-0.1, -0.05) is 12.1 Å². The first-order valence-corrected chi connectivity index (χ1v) is 10.8. The van der Waals surface area contributed by atoms with E-state index in [1.807, 2.05) is 41.3 Å². The van der Waals surface area contributed by atoms with Gasteiger partial charge in [0.05, 0.1) is 5.56 Å². The van der Waals surface area contributed by atoms with Crippen molar-refractivity contribution in [1.29, 1.82) is 0 Å². The number of aromatic nitrogens is 1. The van der Waals surface area contributed by atoms with Crippen LogP contribution in [0, 0.1) is 0 Å². The Morgan fingerprint density at radius 3 is 2.32 bits per heavy atom. The smallest absolute Gasteiger partial charge is 0.254 e. The standard InChI is InChI=1S/C22H26BrN3O2/c23-21-4-2-1-3-20(21)22(27)26-13-7-17(8-14-26)25-15-9-19(10-16-25)28-18-5-11-24-12-6-18/h1-6,11-12,17,19H,7-10,13-16H2. The second-order valence-corrected chi connectivity index (χ2v) is 8.39. The van der Waals surface area contributed by atoms with Crippen molar-refractivity contribution in [3.63, 3.8) is 0 Å². The van der Waals surface area contributed by atoms with Gasteiger partial charge in [0.15, 0.2) is 0 Å². The average molecular weight is 444 g/mol. The number of hydrogen-bond donors (Lipinski definition) is 0. The fourth-order valence-corrected chi connectivity index (χ4v) is 4.66. The van der Waals surface area contributed by atoms with E-state index < -0.39 is 0 Å². The number of amides is 1. The Bertz CT molecular complexity index is 785. The zero-order valence-corrected chi connectivity index (χ0v) is 17.6. The molecule has 28 heavy (non-hydrogen) atoms. The van der Waals surface area contributed by atoms with Gasteiger partial charge in [-0.2, -0.15) is 0 Å². The van der Waals surface area contributed by atoms with E-state index in [0.29, 0.717) is 6.04 Å². The molecule has 2 aliphatic rings. The maximum atomic E-state index is 12.8. The van der Waals surface area contributed by atoms with Crippen LogP contribution in [0.3, 0.4) is 0 Å². The van der Waals surface area contributed by atoms with Gasteiger partial charge in [0.2, 0.25) is 0 Å². The molecule has 3 heterocycles. The molecule has 2 aliphatic heterocycles. The SMILES string of the molecule is O=C(c1ccccc1Br)N1CCC(N2CCC(Oc3ccncc3)CC2)CC1. The minimum Gasteiger partial charge on any atom is -0.490 e. The van der Waals surface area contributed by atoms with Gasteiger partial charge < -0.3 is 9.64 Å². The van der Waals surface area contributed by atoms with Crippen molar-refractivity contribution in [3.8, 4) is 5.75 Å². The number of carbonyl (C=O) groups excluding carboxylic acids is 1. The molecule has 2 aromatic rings. The van der Waals surface area contributed by atoms with Crippen LogP contribution in [0.5, 0.6) is 5.75 Å². The molecule has 0 unspecified atom stereocenters. The third-order valence-corrected chi connectivity index (χ3v) is 6.49. The maximum Gasteiger partial charge on any atom is 0.254 e. The molecule has 0 bridgehead atoms. The van der Waals surface area contributed by atoms with Gasteiger partial charge in [0, 0.05) is 49.1 Å². The van der Waals surface area contributed by atoms with Crippen LogP contribution in [0.25, 0.3) is 0 Å². The molecule has 5 nitrogen and oxygen atoms in total. The summed E-state index contributed by atoms with van der Waals surface area (Å²) in [7, 11) is 0. The Kier molecular flexibility index (Phi) is 6.27. The number of halogens is 1. The first kappa shape index (κ1) is 19.4. The summed E-state index contributed by atoms with van der Waals surface area (Å²) in [5.41, 5.74) is 0.759. The Labute approximate surface area is 174 Å². The van der Waals surface area contributed by atoms with Crippen LogP contribution in [0.2, 0.25) is 0 Å². The van der Waals surface area contributed by atoms with Gasteiger partial charge in [-0.25, -0.2) is 0 Å². The van der Waals surface area contributed by atoms with Gasteiger partial charge in [-0.05, 0) is 65.9 Å². The fraction of sp³-hybridized carbons (Fsp3) is 0.455. The van der Waals surface area contributed by atoms with E-state index in [4.69, 9.17) is 4.74 Å². The summed E-state index contributed by atoms with van der Waals surface area (Å²) in [6.07, 6.45) is 8.03. The van der Waals surface area contributed by atoms with Crippen molar-refractivity contribution >= 4 is 21.8 Å². The highest BCUT2D eigenvalue weighted by Crippen LogP contribution is 2.25. The second kappa shape index (κ2) is 9.05. The Balaban J connectivity index is 1.25. The molecule has 0 saturated carbocycles. The van der Waals surface area contributed by atoms with Crippen molar-refractivity contribution < 1.29 is 9.53 Å². The third-order valence-electron chi connectivity index (χ3n) is 5.80. The lowest BCUT2D eigenvalue weighted by molar-refractivity contribution is 0.0425. The number of rotatable bonds is 4. The van der Waals surface area contributed by atoms with E-state index in [9.17, 15) is 4.79 Å². The predicted octanol–water partition coefficient (Wildman–Crippen LogP) is 3.99. The van der Waals surface area contributed by atoms with E-state index in [1.54, 1.807) is 12.4 Å². The number of pyridine rings is 1. The number of ether oxygens (including phenoxy) is 1. The molecule has 1 aromatic carbocycles. The van der Waals surface area contributed by atoms with Gasteiger partial charge in [0.25, 0.3) is 5.91 Å². The molecular formula is C22H26BrN3O2. The van der Waals surface area contributed by atoms with E-state index in [2.05, 4.69) is 25.8 Å². The zero-order chi connectivity index (χ0) is 19.3. The van der Waals surface area contributed by atoms with Crippen LogP contribution in [0.1, 0.15) is 36.0 Å². The van der Waals surface area contributed by atoms with Crippen molar-refractivity contribution in [3.05, 3.63) is 58.8 Å². The second-order valence-electron chi connectivity index (χ2n) is 7.54. The minimum absolute atomic E-state index is 0.135. The molecule has 1 aromatic heterocycles. The number of hydrogen-bond acceptors (Lipinski definition) is 4. The molecule has 2 fully saturated rings. The van der Waals surface area contributed by atoms with E-state index >= 15 is 0 Å². The molecule has 0 N–H and O–H groups in total. The first-order valence-electron chi connectivity index (χ1n) is 10.1. The summed E-state index contributed by atoms with van der Waals surface area (Å²) in [6.45, 7) is 3.80. The zero-order valence-electron chi connectivity index (χ0n) is 16.0. The summed E-state index contributed by atoms with van der Waals surface area (Å²) < 4.78 is 6.95. The summed E-state index contributed by atoms with van der Waals surface area (Å²) in [4.78, 5) is 21.4. The van der Waals surface area contributed by atoms with Crippen LogP contribution >= 0.6 is 15.9 Å². The molecule has 0 aliphatic carbocycles. The molecule has 0 radical (unpaired) electrons. The van der Waals surface area contributed by atoms with Crippen LogP contribution in [-0.2, 0) is 0 Å². The highest BCUT2D eigenvalue weighted by atomic mass is 79.9. The Hall–Kier alpha value is -1.92. The highest BCUT2D eigenvalue weighted by Gasteiger charge is 2.30. The van der Waals surface area contributed by atoms with E-state index in [-0.39, 0.29) is 12.0 Å². The summed E-state index contributed by atoms with van der Waals surface area (Å²) in [5, 5.41) is 0. The molecule has 0 spiro atoms. The summed E-state index contributed by atoms with van der Waals surface area (Å²) >= 11 is 3.50. The molecular weight excluding hydrogens is 418 g/mol. The number of nitrogens with zero attached hydrogens (tertiary/aromatic N) is 3. The van der Waals surface area contributed by atoms with E-state index in [0.717, 1.165) is 67.6 Å². The average Bonchev–Trinajstić information content (AvgIpc) is 2.75. The monoisotopic (exact) mass is 443 g/mol. The Morgan fingerprint density at radius 2 is 1.64 bits per heavy atom. The molecule has 1 amide bonds. The van der Waals surface area contributed by atoms with Gasteiger partial charge in [-0.15, -0.1) is 0 Å². The highest BCUT2D eigenvalue weighted by molar-refractivity contribution is 9.10. The number of benzene rings is 1.